The van der Waals surface area contributed by atoms with Gasteiger partial charge < -0.3 is 0 Å². The standard InChI is InChI=1S/C17H18N6OS3/c1-3-4-9-25-16-20-21-17(27-16)26-10-13-18-19-15-22(2)14(24)11-7-5-6-8-12(11)23(13)15/h5-8H,3-4,9-10H2,1-2H3. The molecule has 0 aliphatic carbocycles. The molecular weight excluding hydrogens is 400 g/mol. The number of rotatable bonds is 7. The topological polar surface area (TPSA) is 78.0 Å². The van der Waals surface area contributed by atoms with Crippen molar-refractivity contribution >= 4 is 51.5 Å². The fraction of sp³-hybridized carbons (Fsp3) is 0.353. The minimum absolute atomic E-state index is 0.0671. The zero-order valence-electron chi connectivity index (χ0n) is 15.0. The number of thioether (sulfide) groups is 2. The zero-order valence-corrected chi connectivity index (χ0v) is 17.4. The molecule has 0 saturated carbocycles. The first-order valence-electron chi connectivity index (χ1n) is 8.60. The maximum atomic E-state index is 12.5. The number of aryl methyl sites for hydroxylation is 1. The first kappa shape index (κ1) is 18.5. The molecule has 0 unspecified atom stereocenters. The Morgan fingerprint density at radius 3 is 2.67 bits per heavy atom. The minimum Gasteiger partial charge on any atom is -0.279 e. The van der Waals surface area contributed by atoms with Gasteiger partial charge in [0.1, 0.15) is 5.82 Å². The van der Waals surface area contributed by atoms with E-state index in [9.17, 15) is 4.79 Å². The summed E-state index contributed by atoms with van der Waals surface area (Å²) >= 11 is 4.96. The number of fused-ring (bicyclic) bond motifs is 3. The average Bonchev–Trinajstić information content (AvgIpc) is 3.32. The highest BCUT2D eigenvalue weighted by Gasteiger charge is 2.15. The number of unbranched alkanes of at least 4 members (excludes halogenated alkanes) is 1. The van der Waals surface area contributed by atoms with E-state index in [1.807, 2.05) is 28.7 Å². The molecule has 3 aromatic heterocycles. The molecule has 7 nitrogen and oxygen atoms in total. The maximum absolute atomic E-state index is 12.5. The predicted octanol–water partition coefficient (Wildman–Crippen LogP) is 3.62. The quantitative estimate of drug-likeness (QED) is 0.335. The van der Waals surface area contributed by atoms with Gasteiger partial charge in [-0.3, -0.25) is 13.8 Å². The van der Waals surface area contributed by atoms with Gasteiger partial charge in [-0.2, -0.15) is 0 Å². The molecule has 0 aliphatic rings. The SMILES string of the molecule is CCCCSc1nnc(SCc2nnc3n(C)c(=O)c4ccccc4n23)s1. The number of hydrogen-bond acceptors (Lipinski definition) is 8. The van der Waals surface area contributed by atoms with Gasteiger partial charge in [0.15, 0.2) is 8.68 Å². The fourth-order valence-corrected chi connectivity index (χ4v) is 5.82. The maximum Gasteiger partial charge on any atom is 0.262 e. The molecule has 10 heteroatoms. The van der Waals surface area contributed by atoms with Gasteiger partial charge in [0.25, 0.3) is 5.56 Å². The van der Waals surface area contributed by atoms with Crippen LogP contribution in [-0.4, -0.2) is 35.1 Å². The highest BCUT2D eigenvalue weighted by Crippen LogP contribution is 2.31. The van der Waals surface area contributed by atoms with E-state index in [-0.39, 0.29) is 5.56 Å². The summed E-state index contributed by atoms with van der Waals surface area (Å²) in [6.45, 7) is 2.18. The van der Waals surface area contributed by atoms with E-state index in [0.717, 1.165) is 25.8 Å². The van der Waals surface area contributed by atoms with Gasteiger partial charge in [-0.15, -0.1) is 20.4 Å². The van der Waals surface area contributed by atoms with Crippen LogP contribution in [0.3, 0.4) is 0 Å². The number of aromatic nitrogens is 6. The molecule has 0 N–H and O–H groups in total. The normalized spacial score (nSPS) is 11.6. The van der Waals surface area contributed by atoms with Crippen molar-refractivity contribution in [1.82, 2.24) is 29.4 Å². The molecule has 140 valence electrons. The van der Waals surface area contributed by atoms with Crippen molar-refractivity contribution in [3.8, 4) is 0 Å². The lowest BCUT2D eigenvalue weighted by atomic mass is 10.2. The van der Waals surface area contributed by atoms with Crippen LogP contribution in [0.15, 0.2) is 37.7 Å². The summed E-state index contributed by atoms with van der Waals surface area (Å²) in [5.74, 6) is 3.02. The molecule has 3 heterocycles. The molecule has 4 rings (SSSR count). The Morgan fingerprint density at radius 2 is 1.85 bits per heavy atom. The Balaban J connectivity index is 1.61. The van der Waals surface area contributed by atoms with Crippen LogP contribution in [0.4, 0.5) is 0 Å². The second-order valence-corrected chi connectivity index (χ2v) is 9.50. The van der Waals surface area contributed by atoms with Crippen LogP contribution >= 0.6 is 34.9 Å². The molecular formula is C17H18N6OS3. The van der Waals surface area contributed by atoms with Crippen LogP contribution in [0.2, 0.25) is 0 Å². The van der Waals surface area contributed by atoms with Gasteiger partial charge in [-0.25, -0.2) is 0 Å². The van der Waals surface area contributed by atoms with Crippen molar-refractivity contribution in [2.75, 3.05) is 5.75 Å². The Morgan fingerprint density at radius 1 is 1.07 bits per heavy atom. The number of hydrogen-bond donors (Lipinski definition) is 0. The highest BCUT2D eigenvalue weighted by molar-refractivity contribution is 8.02. The van der Waals surface area contributed by atoms with Gasteiger partial charge in [0.2, 0.25) is 5.78 Å². The lowest BCUT2D eigenvalue weighted by Gasteiger charge is -2.07. The summed E-state index contributed by atoms with van der Waals surface area (Å²) in [5, 5.41) is 17.7. The monoisotopic (exact) mass is 418 g/mol. The van der Waals surface area contributed by atoms with Crippen LogP contribution in [0.25, 0.3) is 16.7 Å². The van der Waals surface area contributed by atoms with Crippen LogP contribution in [0.1, 0.15) is 25.6 Å². The van der Waals surface area contributed by atoms with Crippen molar-refractivity contribution < 1.29 is 0 Å². The van der Waals surface area contributed by atoms with E-state index in [2.05, 4.69) is 27.3 Å². The smallest absolute Gasteiger partial charge is 0.262 e. The summed E-state index contributed by atoms with van der Waals surface area (Å²) in [6, 6.07) is 7.54. The van der Waals surface area contributed by atoms with Crippen LogP contribution in [0, 0.1) is 0 Å². The number of benzene rings is 1. The van der Waals surface area contributed by atoms with Crippen molar-refractivity contribution in [3.63, 3.8) is 0 Å². The zero-order chi connectivity index (χ0) is 18.8. The molecule has 0 aliphatic heterocycles. The van der Waals surface area contributed by atoms with Crippen molar-refractivity contribution in [3.05, 3.63) is 40.4 Å². The summed E-state index contributed by atoms with van der Waals surface area (Å²) < 4.78 is 5.41. The van der Waals surface area contributed by atoms with E-state index in [0.29, 0.717) is 16.9 Å². The lowest BCUT2D eigenvalue weighted by Crippen LogP contribution is -2.20. The van der Waals surface area contributed by atoms with Crippen LogP contribution in [0.5, 0.6) is 0 Å². The molecule has 0 bridgehead atoms. The van der Waals surface area contributed by atoms with Gasteiger partial charge in [0.05, 0.1) is 16.7 Å². The first-order chi connectivity index (χ1) is 13.2. The summed E-state index contributed by atoms with van der Waals surface area (Å²) in [5.41, 5.74) is 0.756. The van der Waals surface area contributed by atoms with Crippen molar-refractivity contribution in [2.24, 2.45) is 7.05 Å². The Labute approximate surface area is 168 Å². The van der Waals surface area contributed by atoms with Crippen molar-refractivity contribution in [1.29, 1.82) is 0 Å². The van der Waals surface area contributed by atoms with E-state index in [1.54, 1.807) is 41.9 Å². The molecule has 0 fully saturated rings. The molecule has 0 amide bonds. The van der Waals surface area contributed by atoms with Crippen LogP contribution < -0.4 is 5.56 Å². The second-order valence-electron chi connectivity index (χ2n) is 5.96. The molecule has 0 atom stereocenters. The fourth-order valence-electron chi connectivity index (χ4n) is 2.73. The van der Waals surface area contributed by atoms with E-state index in [4.69, 9.17) is 0 Å². The summed E-state index contributed by atoms with van der Waals surface area (Å²) in [7, 11) is 1.72. The summed E-state index contributed by atoms with van der Waals surface area (Å²) in [4.78, 5) is 12.5. The van der Waals surface area contributed by atoms with Gasteiger partial charge in [0, 0.05) is 12.8 Å². The second kappa shape index (κ2) is 7.99. The van der Waals surface area contributed by atoms with E-state index in [1.165, 1.54) is 17.4 Å². The third-order valence-electron chi connectivity index (χ3n) is 4.13. The first-order valence-corrected chi connectivity index (χ1v) is 11.4. The molecule has 4 aromatic rings. The molecule has 27 heavy (non-hydrogen) atoms. The van der Waals surface area contributed by atoms with E-state index >= 15 is 0 Å². The van der Waals surface area contributed by atoms with Gasteiger partial charge in [-0.1, -0.05) is 60.3 Å². The Bertz CT molecular complexity index is 1150. The molecule has 0 spiro atoms. The molecule has 1 aromatic carbocycles. The van der Waals surface area contributed by atoms with Crippen LogP contribution in [-0.2, 0) is 12.8 Å². The average molecular weight is 419 g/mol. The number of nitrogens with zero attached hydrogens (tertiary/aromatic N) is 6. The van der Waals surface area contributed by atoms with Crippen molar-refractivity contribution in [2.45, 2.75) is 34.2 Å². The van der Waals surface area contributed by atoms with Gasteiger partial charge >= 0.3 is 0 Å². The predicted molar refractivity (Wildman–Crippen MR) is 111 cm³/mol. The third-order valence-corrected chi connectivity index (χ3v) is 7.40. The minimum atomic E-state index is -0.0671. The largest absolute Gasteiger partial charge is 0.279 e. The van der Waals surface area contributed by atoms with E-state index < -0.39 is 0 Å². The number of para-hydroxylation sites is 1. The van der Waals surface area contributed by atoms with Gasteiger partial charge in [-0.05, 0) is 18.6 Å². The molecule has 0 saturated heterocycles. The summed E-state index contributed by atoms with van der Waals surface area (Å²) in [6.07, 6.45) is 2.37. The lowest BCUT2D eigenvalue weighted by molar-refractivity contribution is 0.857. The Hall–Kier alpha value is -1.91. The molecule has 0 radical (unpaired) electrons. The third kappa shape index (κ3) is 3.61. The Kier molecular flexibility index (Phi) is 5.46. The highest BCUT2D eigenvalue weighted by atomic mass is 32.2.